The van der Waals surface area contributed by atoms with E-state index in [1.165, 1.54) is 11.8 Å². The van der Waals surface area contributed by atoms with Gasteiger partial charge < -0.3 is 9.88 Å². The number of aromatic nitrogens is 3. The van der Waals surface area contributed by atoms with E-state index in [-0.39, 0.29) is 5.91 Å². The Labute approximate surface area is 130 Å². The van der Waals surface area contributed by atoms with Gasteiger partial charge in [-0.05, 0) is 47.5 Å². The Kier molecular flexibility index (Phi) is 4.82. The summed E-state index contributed by atoms with van der Waals surface area (Å²) in [4.78, 5) is 11.9. The molecule has 20 heavy (non-hydrogen) atoms. The van der Waals surface area contributed by atoms with Crippen molar-refractivity contribution in [3.05, 3.63) is 34.1 Å². The molecule has 2 aromatic rings. The summed E-state index contributed by atoms with van der Waals surface area (Å²) in [5, 5.41) is 11.6. The van der Waals surface area contributed by atoms with E-state index < -0.39 is 0 Å². The summed E-state index contributed by atoms with van der Waals surface area (Å²) in [5.74, 6) is 1.06. The standard InChI is InChI=1S/C13H15BrN4OS/c1-8-4-5-11(10(14)6-8)15-12(19)7-20-13-17-16-9(2)18(13)3/h4-6H,7H2,1-3H3,(H,15,19). The molecule has 0 atom stereocenters. The molecule has 0 aliphatic heterocycles. The zero-order valence-electron chi connectivity index (χ0n) is 11.5. The molecule has 1 heterocycles. The first-order valence-corrected chi connectivity index (χ1v) is 7.80. The van der Waals surface area contributed by atoms with Gasteiger partial charge in [-0.1, -0.05) is 17.8 Å². The molecule has 0 spiro atoms. The minimum absolute atomic E-state index is 0.0693. The molecule has 5 nitrogen and oxygen atoms in total. The number of rotatable bonds is 4. The van der Waals surface area contributed by atoms with Crippen molar-refractivity contribution < 1.29 is 4.79 Å². The van der Waals surface area contributed by atoms with Gasteiger partial charge in [0.2, 0.25) is 5.91 Å². The zero-order valence-corrected chi connectivity index (χ0v) is 13.9. The predicted molar refractivity (Wildman–Crippen MR) is 84.0 cm³/mol. The van der Waals surface area contributed by atoms with E-state index in [4.69, 9.17) is 0 Å². The maximum Gasteiger partial charge on any atom is 0.234 e. The van der Waals surface area contributed by atoms with Crippen LogP contribution < -0.4 is 5.32 Å². The molecule has 1 aromatic heterocycles. The Balaban J connectivity index is 1.94. The molecule has 0 fully saturated rings. The van der Waals surface area contributed by atoms with Crippen LogP contribution in [0.25, 0.3) is 0 Å². The number of thioether (sulfide) groups is 1. The molecular weight excluding hydrogens is 340 g/mol. The monoisotopic (exact) mass is 354 g/mol. The van der Waals surface area contributed by atoms with Gasteiger partial charge in [-0.25, -0.2) is 0 Å². The van der Waals surface area contributed by atoms with Crippen LogP contribution in [0.15, 0.2) is 27.8 Å². The summed E-state index contributed by atoms with van der Waals surface area (Å²) < 4.78 is 2.74. The maximum absolute atomic E-state index is 11.9. The molecular formula is C13H15BrN4OS. The van der Waals surface area contributed by atoms with Gasteiger partial charge in [0.1, 0.15) is 5.82 Å². The van der Waals surface area contributed by atoms with Crippen molar-refractivity contribution in [2.75, 3.05) is 11.1 Å². The lowest BCUT2D eigenvalue weighted by molar-refractivity contribution is -0.113. The summed E-state index contributed by atoms with van der Waals surface area (Å²) in [6.45, 7) is 3.88. The summed E-state index contributed by atoms with van der Waals surface area (Å²) >= 11 is 4.80. The number of hydrogen-bond acceptors (Lipinski definition) is 4. The number of benzene rings is 1. The largest absolute Gasteiger partial charge is 0.324 e. The van der Waals surface area contributed by atoms with E-state index in [1.54, 1.807) is 0 Å². The fourth-order valence-electron chi connectivity index (χ4n) is 1.55. The molecule has 2 rings (SSSR count). The van der Waals surface area contributed by atoms with Crippen LogP contribution in [0.5, 0.6) is 0 Å². The summed E-state index contributed by atoms with van der Waals surface area (Å²) in [6, 6.07) is 5.81. The number of halogens is 1. The highest BCUT2D eigenvalue weighted by atomic mass is 79.9. The average Bonchev–Trinajstić information content (AvgIpc) is 2.71. The van der Waals surface area contributed by atoms with Gasteiger partial charge in [0.05, 0.1) is 11.4 Å². The molecule has 0 aliphatic carbocycles. The molecule has 0 aliphatic rings. The molecule has 0 saturated carbocycles. The Morgan fingerprint density at radius 1 is 1.40 bits per heavy atom. The number of amides is 1. The van der Waals surface area contributed by atoms with Gasteiger partial charge in [-0.15, -0.1) is 10.2 Å². The normalized spacial score (nSPS) is 10.6. The van der Waals surface area contributed by atoms with Crippen molar-refractivity contribution >= 4 is 39.3 Å². The molecule has 1 amide bonds. The maximum atomic E-state index is 11.9. The third-order valence-corrected chi connectivity index (χ3v) is 4.46. The second-order valence-electron chi connectivity index (χ2n) is 4.41. The highest BCUT2D eigenvalue weighted by Gasteiger charge is 2.10. The molecule has 106 valence electrons. The van der Waals surface area contributed by atoms with E-state index >= 15 is 0 Å². The summed E-state index contributed by atoms with van der Waals surface area (Å²) in [7, 11) is 1.88. The van der Waals surface area contributed by atoms with Crippen LogP contribution >= 0.6 is 27.7 Å². The summed E-state index contributed by atoms with van der Waals surface area (Å²) in [6.07, 6.45) is 0. The quantitative estimate of drug-likeness (QED) is 0.857. The smallest absolute Gasteiger partial charge is 0.234 e. The molecule has 0 saturated heterocycles. The number of carbonyl (C=O) groups is 1. The molecule has 0 unspecified atom stereocenters. The van der Waals surface area contributed by atoms with Crippen molar-refractivity contribution in [3.63, 3.8) is 0 Å². The number of anilines is 1. The van der Waals surface area contributed by atoms with Crippen LogP contribution in [-0.4, -0.2) is 26.4 Å². The third kappa shape index (κ3) is 3.61. The van der Waals surface area contributed by atoms with Gasteiger partial charge in [-0.2, -0.15) is 0 Å². The molecule has 1 aromatic carbocycles. The van der Waals surface area contributed by atoms with E-state index in [9.17, 15) is 4.79 Å². The van der Waals surface area contributed by atoms with Crippen LogP contribution in [0, 0.1) is 13.8 Å². The van der Waals surface area contributed by atoms with Crippen LogP contribution in [-0.2, 0) is 11.8 Å². The fraction of sp³-hybridized carbons (Fsp3) is 0.308. The number of nitrogens with one attached hydrogen (secondary N) is 1. The second kappa shape index (κ2) is 6.41. The molecule has 1 N–H and O–H groups in total. The van der Waals surface area contributed by atoms with Gasteiger partial charge >= 0.3 is 0 Å². The molecule has 0 bridgehead atoms. The van der Waals surface area contributed by atoms with Gasteiger partial charge in [-0.3, -0.25) is 4.79 Å². The fourth-order valence-corrected chi connectivity index (χ4v) is 2.90. The first kappa shape index (κ1) is 15.1. The van der Waals surface area contributed by atoms with Gasteiger partial charge in [0.15, 0.2) is 5.16 Å². The number of carbonyl (C=O) groups excluding carboxylic acids is 1. The van der Waals surface area contributed by atoms with Crippen LogP contribution in [0.2, 0.25) is 0 Å². The van der Waals surface area contributed by atoms with Crippen LogP contribution in [0.3, 0.4) is 0 Å². The van der Waals surface area contributed by atoms with Gasteiger partial charge in [0, 0.05) is 11.5 Å². The molecule has 0 radical (unpaired) electrons. The first-order valence-electron chi connectivity index (χ1n) is 6.02. The van der Waals surface area contributed by atoms with Crippen molar-refractivity contribution in [2.24, 2.45) is 7.05 Å². The minimum atomic E-state index is -0.0693. The lowest BCUT2D eigenvalue weighted by Crippen LogP contribution is -2.14. The number of hydrogen-bond donors (Lipinski definition) is 1. The lowest BCUT2D eigenvalue weighted by Gasteiger charge is -2.07. The third-order valence-electron chi connectivity index (χ3n) is 2.78. The second-order valence-corrected chi connectivity index (χ2v) is 6.21. The van der Waals surface area contributed by atoms with Crippen LogP contribution in [0.4, 0.5) is 5.69 Å². The number of nitrogens with zero attached hydrogens (tertiary/aromatic N) is 3. The van der Waals surface area contributed by atoms with E-state index in [0.29, 0.717) is 5.75 Å². The average molecular weight is 355 g/mol. The number of aryl methyl sites for hydroxylation is 2. The van der Waals surface area contributed by atoms with Gasteiger partial charge in [0.25, 0.3) is 0 Å². The minimum Gasteiger partial charge on any atom is -0.324 e. The van der Waals surface area contributed by atoms with E-state index in [1.807, 2.05) is 43.7 Å². The first-order chi connectivity index (χ1) is 9.47. The van der Waals surface area contributed by atoms with Crippen LogP contribution in [0.1, 0.15) is 11.4 Å². The van der Waals surface area contributed by atoms with Crippen molar-refractivity contribution in [1.82, 2.24) is 14.8 Å². The Morgan fingerprint density at radius 3 is 2.75 bits per heavy atom. The highest BCUT2D eigenvalue weighted by molar-refractivity contribution is 9.10. The van der Waals surface area contributed by atoms with E-state index in [2.05, 4.69) is 31.4 Å². The van der Waals surface area contributed by atoms with Crippen molar-refractivity contribution in [1.29, 1.82) is 0 Å². The Morgan fingerprint density at radius 2 is 2.15 bits per heavy atom. The Bertz CT molecular complexity index is 641. The lowest BCUT2D eigenvalue weighted by atomic mass is 10.2. The predicted octanol–water partition coefficient (Wildman–Crippen LogP) is 2.93. The topological polar surface area (TPSA) is 59.8 Å². The van der Waals surface area contributed by atoms with Crippen molar-refractivity contribution in [2.45, 2.75) is 19.0 Å². The van der Waals surface area contributed by atoms with Crippen molar-refractivity contribution in [3.8, 4) is 0 Å². The van der Waals surface area contributed by atoms with E-state index in [0.717, 1.165) is 26.7 Å². The Hall–Kier alpha value is -1.34. The molecule has 7 heteroatoms. The SMILES string of the molecule is Cc1ccc(NC(=O)CSc2nnc(C)n2C)c(Br)c1. The summed E-state index contributed by atoms with van der Waals surface area (Å²) in [5.41, 5.74) is 1.91. The zero-order chi connectivity index (χ0) is 14.7. The highest BCUT2D eigenvalue weighted by Crippen LogP contribution is 2.24.